The third-order valence-electron chi connectivity index (χ3n) is 3.34. The van der Waals surface area contributed by atoms with Gasteiger partial charge in [-0.05, 0) is 25.8 Å². The van der Waals surface area contributed by atoms with Crippen molar-refractivity contribution >= 4 is 5.91 Å². The fourth-order valence-electron chi connectivity index (χ4n) is 2.24. The molecule has 0 aromatic carbocycles. The lowest BCUT2D eigenvalue weighted by atomic mass is 10.0. The van der Waals surface area contributed by atoms with E-state index in [9.17, 15) is 4.79 Å². The first-order valence-electron chi connectivity index (χ1n) is 5.90. The van der Waals surface area contributed by atoms with Crippen molar-refractivity contribution in [2.45, 2.75) is 57.0 Å². The predicted octanol–water partition coefficient (Wildman–Crippen LogP) is 1.19. The molecule has 1 atom stereocenters. The zero-order valence-electron chi connectivity index (χ0n) is 8.72. The van der Waals surface area contributed by atoms with Crippen LogP contribution in [0.1, 0.15) is 44.9 Å². The van der Waals surface area contributed by atoms with Gasteiger partial charge in [-0.3, -0.25) is 4.79 Å². The highest BCUT2D eigenvalue weighted by molar-refractivity contribution is 5.82. The van der Waals surface area contributed by atoms with E-state index in [1.54, 1.807) is 0 Å². The second-order valence-electron chi connectivity index (χ2n) is 4.49. The molecule has 2 aliphatic rings. The van der Waals surface area contributed by atoms with Crippen molar-refractivity contribution in [2.75, 3.05) is 6.54 Å². The van der Waals surface area contributed by atoms with Gasteiger partial charge in [-0.25, -0.2) is 0 Å². The highest BCUT2D eigenvalue weighted by atomic mass is 16.2. The molecule has 0 radical (unpaired) electrons. The van der Waals surface area contributed by atoms with E-state index in [1.807, 2.05) is 0 Å². The molecular weight excluding hydrogens is 176 g/mol. The van der Waals surface area contributed by atoms with Crippen LogP contribution in [0.4, 0.5) is 0 Å². The van der Waals surface area contributed by atoms with E-state index in [4.69, 9.17) is 0 Å². The van der Waals surface area contributed by atoms with Crippen LogP contribution in [0, 0.1) is 0 Å². The van der Waals surface area contributed by atoms with Gasteiger partial charge in [0, 0.05) is 6.04 Å². The standard InChI is InChI=1S/C11H20N2O/c14-11(10-7-8-12-10)13-9-5-3-1-2-4-6-9/h9-10,12H,1-8H2,(H,13,14)/t10-/m1/s1. The van der Waals surface area contributed by atoms with E-state index < -0.39 is 0 Å². The van der Waals surface area contributed by atoms with Crippen LogP contribution in [-0.2, 0) is 4.79 Å². The van der Waals surface area contributed by atoms with Gasteiger partial charge >= 0.3 is 0 Å². The molecule has 1 aliphatic heterocycles. The van der Waals surface area contributed by atoms with Gasteiger partial charge in [0.25, 0.3) is 0 Å². The van der Waals surface area contributed by atoms with Crippen LogP contribution in [0.25, 0.3) is 0 Å². The van der Waals surface area contributed by atoms with Gasteiger partial charge in [0.05, 0.1) is 6.04 Å². The van der Waals surface area contributed by atoms with Gasteiger partial charge in [0.15, 0.2) is 0 Å². The molecule has 2 rings (SSSR count). The molecule has 1 aliphatic carbocycles. The molecule has 1 saturated carbocycles. The topological polar surface area (TPSA) is 41.1 Å². The van der Waals surface area contributed by atoms with Crippen molar-refractivity contribution in [3.63, 3.8) is 0 Å². The fraction of sp³-hybridized carbons (Fsp3) is 0.909. The van der Waals surface area contributed by atoms with Crippen LogP contribution in [0.2, 0.25) is 0 Å². The fourth-order valence-corrected chi connectivity index (χ4v) is 2.24. The molecule has 1 amide bonds. The minimum Gasteiger partial charge on any atom is -0.352 e. The zero-order valence-corrected chi connectivity index (χ0v) is 8.72. The van der Waals surface area contributed by atoms with Crippen LogP contribution in [0.15, 0.2) is 0 Å². The molecule has 1 saturated heterocycles. The minimum atomic E-state index is 0.109. The van der Waals surface area contributed by atoms with Crippen LogP contribution >= 0.6 is 0 Å². The Labute approximate surface area is 85.6 Å². The molecule has 3 heteroatoms. The summed E-state index contributed by atoms with van der Waals surface area (Å²) in [5.74, 6) is 0.225. The Morgan fingerprint density at radius 2 is 1.71 bits per heavy atom. The lowest BCUT2D eigenvalue weighted by Crippen LogP contribution is -2.55. The summed E-state index contributed by atoms with van der Waals surface area (Å²) < 4.78 is 0. The van der Waals surface area contributed by atoms with Gasteiger partial charge in [-0.1, -0.05) is 25.7 Å². The van der Waals surface area contributed by atoms with E-state index in [-0.39, 0.29) is 11.9 Å². The highest BCUT2D eigenvalue weighted by Gasteiger charge is 2.26. The number of carbonyl (C=O) groups excluding carboxylic acids is 1. The van der Waals surface area contributed by atoms with Crippen molar-refractivity contribution in [1.29, 1.82) is 0 Å². The Bertz CT molecular complexity index is 193. The van der Waals surface area contributed by atoms with Crippen molar-refractivity contribution in [3.05, 3.63) is 0 Å². The Morgan fingerprint density at radius 1 is 1.07 bits per heavy atom. The molecule has 0 aromatic heterocycles. The Morgan fingerprint density at radius 3 is 2.21 bits per heavy atom. The van der Waals surface area contributed by atoms with Crippen LogP contribution in [0.3, 0.4) is 0 Å². The number of carbonyl (C=O) groups is 1. The quantitative estimate of drug-likeness (QED) is 0.651. The normalized spacial score (nSPS) is 29.0. The molecule has 1 heterocycles. The first-order valence-corrected chi connectivity index (χ1v) is 5.90. The van der Waals surface area contributed by atoms with E-state index in [0.717, 1.165) is 13.0 Å². The van der Waals surface area contributed by atoms with Gasteiger partial charge in [-0.2, -0.15) is 0 Å². The smallest absolute Gasteiger partial charge is 0.237 e. The van der Waals surface area contributed by atoms with E-state index in [2.05, 4.69) is 10.6 Å². The number of nitrogens with one attached hydrogen (secondary N) is 2. The SMILES string of the molecule is O=C(NC1CCCCCC1)[C@H]1CCN1. The van der Waals surface area contributed by atoms with Crippen LogP contribution in [0.5, 0.6) is 0 Å². The first-order chi connectivity index (χ1) is 6.86. The van der Waals surface area contributed by atoms with Gasteiger partial charge < -0.3 is 10.6 Å². The summed E-state index contributed by atoms with van der Waals surface area (Å²) in [5.41, 5.74) is 0. The number of amides is 1. The predicted molar refractivity (Wildman–Crippen MR) is 56.0 cm³/mol. The Balaban J connectivity index is 1.74. The summed E-state index contributed by atoms with van der Waals surface area (Å²) >= 11 is 0. The van der Waals surface area contributed by atoms with E-state index >= 15 is 0 Å². The van der Waals surface area contributed by atoms with Crippen molar-refractivity contribution < 1.29 is 4.79 Å². The van der Waals surface area contributed by atoms with Gasteiger partial charge in [0.1, 0.15) is 0 Å². The van der Waals surface area contributed by atoms with Crippen molar-refractivity contribution in [3.8, 4) is 0 Å². The molecule has 0 bridgehead atoms. The molecule has 2 fully saturated rings. The maximum Gasteiger partial charge on any atom is 0.237 e. The van der Waals surface area contributed by atoms with Gasteiger partial charge in [0.2, 0.25) is 5.91 Å². The molecule has 0 spiro atoms. The summed E-state index contributed by atoms with van der Waals surface area (Å²) in [6, 6.07) is 0.561. The summed E-state index contributed by atoms with van der Waals surface area (Å²) in [6.45, 7) is 1.00. The second kappa shape index (κ2) is 4.78. The van der Waals surface area contributed by atoms with Crippen molar-refractivity contribution in [1.82, 2.24) is 10.6 Å². The molecule has 80 valence electrons. The maximum absolute atomic E-state index is 11.6. The third-order valence-corrected chi connectivity index (χ3v) is 3.34. The van der Waals surface area contributed by atoms with Crippen LogP contribution < -0.4 is 10.6 Å². The number of hydrogen-bond donors (Lipinski definition) is 2. The Kier molecular flexibility index (Phi) is 3.40. The monoisotopic (exact) mass is 196 g/mol. The second-order valence-corrected chi connectivity index (χ2v) is 4.49. The summed E-state index contributed by atoms with van der Waals surface area (Å²) in [5, 5.41) is 6.30. The summed E-state index contributed by atoms with van der Waals surface area (Å²) in [4.78, 5) is 11.6. The molecule has 0 unspecified atom stereocenters. The average molecular weight is 196 g/mol. The average Bonchev–Trinajstić information content (AvgIpc) is 2.29. The number of rotatable bonds is 2. The highest BCUT2D eigenvalue weighted by Crippen LogP contribution is 2.17. The summed E-state index contributed by atoms with van der Waals surface area (Å²) in [7, 11) is 0. The molecule has 0 aromatic rings. The molecule has 3 nitrogen and oxygen atoms in total. The molecule has 14 heavy (non-hydrogen) atoms. The van der Waals surface area contributed by atoms with Crippen molar-refractivity contribution in [2.24, 2.45) is 0 Å². The minimum absolute atomic E-state index is 0.109. The lowest BCUT2D eigenvalue weighted by Gasteiger charge is -2.28. The molecule has 2 N–H and O–H groups in total. The zero-order chi connectivity index (χ0) is 9.80. The van der Waals surface area contributed by atoms with E-state index in [0.29, 0.717) is 6.04 Å². The maximum atomic E-state index is 11.6. The largest absolute Gasteiger partial charge is 0.352 e. The third kappa shape index (κ3) is 2.47. The van der Waals surface area contributed by atoms with Gasteiger partial charge in [-0.15, -0.1) is 0 Å². The summed E-state index contributed by atoms with van der Waals surface area (Å²) in [6.07, 6.45) is 8.61. The first kappa shape index (κ1) is 9.97. The van der Waals surface area contributed by atoms with Crippen LogP contribution in [-0.4, -0.2) is 24.5 Å². The lowest BCUT2D eigenvalue weighted by molar-refractivity contribution is -0.125. The number of hydrogen-bond acceptors (Lipinski definition) is 2. The molecular formula is C11H20N2O. The van der Waals surface area contributed by atoms with E-state index in [1.165, 1.54) is 38.5 Å². The Hall–Kier alpha value is -0.570.